The van der Waals surface area contributed by atoms with Crippen molar-refractivity contribution in [3.05, 3.63) is 76.3 Å². The van der Waals surface area contributed by atoms with Crippen LogP contribution in [0.2, 0.25) is 5.02 Å². The number of amides is 2. The highest BCUT2D eigenvalue weighted by atomic mass is 35.5. The van der Waals surface area contributed by atoms with Gasteiger partial charge in [0.1, 0.15) is 12.2 Å². The summed E-state index contributed by atoms with van der Waals surface area (Å²) in [4.78, 5) is 55.6. The molecule has 3 rings (SSSR count). The minimum Gasteiger partial charge on any atom is -0.493 e. The second-order valence-corrected chi connectivity index (χ2v) is 8.25. The summed E-state index contributed by atoms with van der Waals surface area (Å²) in [6, 6.07) is 9.39. The SMILES string of the molecule is C=CCN1C(=O)C(=Cc2cc(Cl)c(OCc3cccc(C(=O)O)c3)c(OC)c2)C(=O)NC1=S.O=C(O)C(=O)O. The number of aliphatic carboxylic acids is 2. The van der Waals surface area contributed by atoms with Crippen LogP contribution in [0.1, 0.15) is 21.5 Å². The first-order valence-corrected chi connectivity index (χ1v) is 11.5. The van der Waals surface area contributed by atoms with Crippen molar-refractivity contribution in [1.82, 2.24) is 10.2 Å². The molecule has 0 unspecified atom stereocenters. The zero-order chi connectivity index (χ0) is 29.3. The minimum atomic E-state index is -1.82. The summed E-state index contributed by atoms with van der Waals surface area (Å²) >= 11 is 11.4. The maximum atomic E-state index is 12.7. The van der Waals surface area contributed by atoms with E-state index in [2.05, 4.69) is 11.9 Å². The van der Waals surface area contributed by atoms with Gasteiger partial charge in [-0.1, -0.05) is 29.8 Å². The van der Waals surface area contributed by atoms with Crippen LogP contribution in [0.4, 0.5) is 0 Å². The summed E-state index contributed by atoms with van der Waals surface area (Å²) < 4.78 is 11.2. The van der Waals surface area contributed by atoms with Crippen molar-refractivity contribution >= 4 is 64.7 Å². The topological polar surface area (TPSA) is 180 Å². The molecule has 204 valence electrons. The maximum Gasteiger partial charge on any atom is 0.414 e. The van der Waals surface area contributed by atoms with Crippen LogP contribution in [0.3, 0.4) is 0 Å². The lowest BCUT2D eigenvalue weighted by molar-refractivity contribution is -0.159. The summed E-state index contributed by atoms with van der Waals surface area (Å²) in [6.45, 7) is 3.78. The number of hydrogen-bond acceptors (Lipinski definition) is 8. The molecule has 1 aliphatic heterocycles. The first-order valence-electron chi connectivity index (χ1n) is 10.7. The molecule has 1 saturated heterocycles. The quantitative estimate of drug-likeness (QED) is 0.119. The van der Waals surface area contributed by atoms with Crippen molar-refractivity contribution < 1.29 is 48.8 Å². The molecular formula is C25H21ClN2O10S. The largest absolute Gasteiger partial charge is 0.493 e. The van der Waals surface area contributed by atoms with Gasteiger partial charge in [0.15, 0.2) is 16.6 Å². The molecule has 2 aromatic carbocycles. The van der Waals surface area contributed by atoms with Gasteiger partial charge in [0, 0.05) is 6.54 Å². The monoisotopic (exact) mass is 576 g/mol. The van der Waals surface area contributed by atoms with Crippen molar-refractivity contribution in [3.63, 3.8) is 0 Å². The molecule has 12 nitrogen and oxygen atoms in total. The molecule has 0 aliphatic carbocycles. The van der Waals surface area contributed by atoms with Crippen LogP contribution in [0.25, 0.3) is 6.08 Å². The molecule has 0 bridgehead atoms. The van der Waals surface area contributed by atoms with E-state index < -0.39 is 29.7 Å². The van der Waals surface area contributed by atoms with Gasteiger partial charge in [-0.15, -0.1) is 6.58 Å². The van der Waals surface area contributed by atoms with Crippen LogP contribution in [-0.4, -0.2) is 68.7 Å². The normalized spacial score (nSPS) is 13.6. The molecule has 0 radical (unpaired) electrons. The summed E-state index contributed by atoms with van der Waals surface area (Å²) in [5, 5.41) is 26.6. The number of aromatic carboxylic acids is 1. The molecule has 0 atom stereocenters. The fraction of sp³-hybridized carbons (Fsp3) is 0.120. The number of rotatable bonds is 8. The van der Waals surface area contributed by atoms with Crippen LogP contribution < -0.4 is 14.8 Å². The summed E-state index contributed by atoms with van der Waals surface area (Å²) in [5.74, 6) is -5.37. The summed E-state index contributed by atoms with van der Waals surface area (Å²) in [6.07, 6.45) is 2.88. The van der Waals surface area contributed by atoms with Gasteiger partial charge in [-0.25, -0.2) is 14.4 Å². The molecule has 2 amide bonds. The lowest BCUT2D eigenvalue weighted by Crippen LogP contribution is -2.53. The highest BCUT2D eigenvalue weighted by Crippen LogP contribution is 2.37. The molecule has 1 fully saturated rings. The van der Waals surface area contributed by atoms with E-state index in [-0.39, 0.29) is 45.9 Å². The standard InChI is InChI=1S/C23H19ClN2O6S.C2H2O4/c1-3-7-26-21(28)16(20(27)25-23(26)33)9-14-10-17(24)19(18(11-14)31-2)32-12-13-5-4-6-15(8-13)22(29)30;3-1(4)2(5)6/h3-6,8-11H,1,7,12H2,2H3,(H,29,30)(H,25,27,33);(H,3,4)(H,5,6). The van der Waals surface area contributed by atoms with E-state index in [0.29, 0.717) is 11.1 Å². The van der Waals surface area contributed by atoms with Crippen LogP contribution in [0, 0.1) is 0 Å². The highest BCUT2D eigenvalue weighted by Gasteiger charge is 2.32. The zero-order valence-electron chi connectivity index (χ0n) is 20.2. The second-order valence-electron chi connectivity index (χ2n) is 7.46. The molecule has 2 aromatic rings. The molecule has 0 saturated carbocycles. The van der Waals surface area contributed by atoms with E-state index in [0.717, 1.165) is 0 Å². The van der Waals surface area contributed by atoms with E-state index in [1.165, 1.54) is 42.4 Å². The number of halogens is 1. The fourth-order valence-electron chi connectivity index (χ4n) is 3.07. The van der Waals surface area contributed by atoms with Crippen LogP contribution in [0.15, 0.2) is 54.6 Å². The number of methoxy groups -OCH3 is 1. The molecule has 14 heteroatoms. The lowest BCUT2D eigenvalue weighted by atomic mass is 10.1. The number of carboxylic acid groups (broad SMARTS) is 3. The van der Waals surface area contributed by atoms with Crippen molar-refractivity contribution in [2.75, 3.05) is 13.7 Å². The third-order valence-corrected chi connectivity index (χ3v) is 5.40. The summed E-state index contributed by atoms with van der Waals surface area (Å²) in [7, 11) is 1.42. The number of nitrogens with one attached hydrogen (secondary N) is 1. The Morgan fingerprint density at radius 1 is 1.13 bits per heavy atom. The molecule has 0 spiro atoms. The van der Waals surface area contributed by atoms with E-state index >= 15 is 0 Å². The average molecular weight is 577 g/mol. The Morgan fingerprint density at radius 3 is 2.36 bits per heavy atom. The Bertz CT molecular complexity index is 1380. The Balaban J connectivity index is 0.000000798. The zero-order valence-corrected chi connectivity index (χ0v) is 21.7. The van der Waals surface area contributed by atoms with Crippen LogP contribution >= 0.6 is 23.8 Å². The van der Waals surface area contributed by atoms with Crippen LogP contribution in [-0.2, 0) is 25.8 Å². The van der Waals surface area contributed by atoms with Gasteiger partial charge in [0.05, 0.1) is 17.7 Å². The van der Waals surface area contributed by atoms with E-state index in [4.69, 9.17) is 58.2 Å². The molecule has 1 heterocycles. The Kier molecular flexibility index (Phi) is 10.7. The second kappa shape index (κ2) is 13.7. The number of thiocarbonyl (C=S) groups is 1. The van der Waals surface area contributed by atoms with Gasteiger partial charge in [-0.3, -0.25) is 19.8 Å². The Morgan fingerprint density at radius 2 is 1.79 bits per heavy atom. The number of nitrogens with zero attached hydrogens (tertiary/aromatic N) is 1. The van der Waals surface area contributed by atoms with Crippen LogP contribution in [0.5, 0.6) is 11.5 Å². The minimum absolute atomic E-state index is 0.00776. The van der Waals surface area contributed by atoms with Gasteiger partial charge in [0.2, 0.25) is 0 Å². The van der Waals surface area contributed by atoms with Crippen molar-refractivity contribution in [2.45, 2.75) is 6.61 Å². The van der Waals surface area contributed by atoms with Gasteiger partial charge >= 0.3 is 17.9 Å². The third kappa shape index (κ3) is 8.12. The number of hydrogen-bond donors (Lipinski definition) is 4. The molecule has 0 aromatic heterocycles. The maximum absolute atomic E-state index is 12.7. The van der Waals surface area contributed by atoms with E-state index in [9.17, 15) is 14.4 Å². The van der Waals surface area contributed by atoms with Gasteiger partial charge in [0.25, 0.3) is 11.8 Å². The molecule has 1 aliphatic rings. The third-order valence-electron chi connectivity index (χ3n) is 4.80. The van der Waals surface area contributed by atoms with Crippen molar-refractivity contribution in [2.24, 2.45) is 0 Å². The van der Waals surface area contributed by atoms with Crippen molar-refractivity contribution in [3.8, 4) is 11.5 Å². The number of benzene rings is 2. The van der Waals surface area contributed by atoms with Gasteiger partial charge < -0.3 is 24.8 Å². The Hall–Kier alpha value is -4.75. The number of carboxylic acids is 3. The fourth-order valence-corrected chi connectivity index (χ4v) is 3.59. The van der Waals surface area contributed by atoms with Gasteiger partial charge in [-0.05, 0) is 53.7 Å². The molecular weight excluding hydrogens is 556 g/mol. The number of carbonyl (C=O) groups is 5. The highest BCUT2D eigenvalue weighted by molar-refractivity contribution is 7.80. The van der Waals surface area contributed by atoms with E-state index in [1.54, 1.807) is 18.2 Å². The van der Waals surface area contributed by atoms with E-state index in [1.807, 2.05) is 0 Å². The molecule has 4 N–H and O–H groups in total. The predicted octanol–water partition coefficient (Wildman–Crippen LogP) is 2.59. The predicted molar refractivity (Wildman–Crippen MR) is 142 cm³/mol. The Labute approximate surface area is 231 Å². The first-order chi connectivity index (χ1) is 18.4. The molecule has 39 heavy (non-hydrogen) atoms. The van der Waals surface area contributed by atoms with Gasteiger partial charge in [-0.2, -0.15) is 0 Å². The summed E-state index contributed by atoms with van der Waals surface area (Å²) in [5.41, 5.74) is 1.07. The average Bonchev–Trinajstić information content (AvgIpc) is 2.88. The number of carbonyl (C=O) groups excluding carboxylic acids is 2. The van der Waals surface area contributed by atoms with Crippen molar-refractivity contribution in [1.29, 1.82) is 0 Å². The first kappa shape index (κ1) is 30.5. The lowest BCUT2D eigenvalue weighted by Gasteiger charge is -2.27. The smallest absolute Gasteiger partial charge is 0.414 e. The number of ether oxygens (including phenoxy) is 2.